The maximum absolute atomic E-state index is 12.7. The van der Waals surface area contributed by atoms with Crippen LogP contribution < -0.4 is 5.32 Å². The van der Waals surface area contributed by atoms with E-state index in [0.717, 1.165) is 5.56 Å². The molecule has 2 aliphatic heterocycles. The first-order chi connectivity index (χ1) is 17.1. The van der Waals surface area contributed by atoms with Crippen molar-refractivity contribution in [2.75, 3.05) is 19.8 Å². The molecule has 0 aromatic heterocycles. The third-order valence-corrected chi connectivity index (χ3v) is 6.29. The van der Waals surface area contributed by atoms with E-state index in [2.05, 4.69) is 16.1 Å². The molecule has 0 bridgehead atoms. The molecule has 13 heteroatoms. The molecule has 2 aliphatic rings. The standard InChI is InChI=1S/C23H31NO11S/c1-2-17-16(12-15(33-17)9-8-14-6-4-3-5-7-14)22(28)24-10-11-32-23-20(27)21(35-36(29,30)31)19(26)18(13-25)34-23/h2-9,15-21,23,25-27H,1,10-13H2,(H,24,28)(H,29,30,31)/b9-8+/t15?,16?,17?,18-,19+,20-,21+,23-/m1/s1. The van der Waals surface area contributed by atoms with Crippen LogP contribution in [-0.4, -0.2) is 96.9 Å². The van der Waals surface area contributed by atoms with E-state index >= 15 is 0 Å². The molecule has 200 valence electrons. The fraction of sp³-hybridized carbons (Fsp3) is 0.522. The lowest BCUT2D eigenvalue weighted by atomic mass is 9.98. The maximum Gasteiger partial charge on any atom is 0.397 e. The number of aliphatic hydroxyl groups is 3. The Labute approximate surface area is 209 Å². The van der Waals surface area contributed by atoms with Crippen molar-refractivity contribution in [3.8, 4) is 0 Å². The zero-order valence-electron chi connectivity index (χ0n) is 19.3. The van der Waals surface area contributed by atoms with Crippen LogP contribution in [0.4, 0.5) is 0 Å². The van der Waals surface area contributed by atoms with Gasteiger partial charge >= 0.3 is 10.4 Å². The van der Waals surface area contributed by atoms with Crippen LogP contribution >= 0.6 is 0 Å². The summed E-state index contributed by atoms with van der Waals surface area (Å²) in [7, 11) is -5.02. The molecule has 3 unspecified atom stereocenters. The molecule has 0 radical (unpaired) electrons. The van der Waals surface area contributed by atoms with Gasteiger partial charge in [-0.3, -0.25) is 9.35 Å². The third-order valence-electron chi connectivity index (χ3n) is 5.82. The van der Waals surface area contributed by atoms with Crippen LogP contribution in [0.2, 0.25) is 0 Å². The summed E-state index contributed by atoms with van der Waals surface area (Å²) in [6.45, 7) is 2.84. The van der Waals surface area contributed by atoms with Crippen LogP contribution in [0.3, 0.4) is 0 Å². The molecule has 5 N–H and O–H groups in total. The molecule has 1 amide bonds. The molecule has 0 aliphatic carbocycles. The smallest absolute Gasteiger partial charge is 0.394 e. The predicted octanol–water partition coefficient (Wildman–Crippen LogP) is -0.581. The van der Waals surface area contributed by atoms with E-state index in [1.165, 1.54) is 0 Å². The number of amides is 1. The first-order valence-corrected chi connectivity index (χ1v) is 12.7. The van der Waals surface area contributed by atoms with Gasteiger partial charge in [-0.25, -0.2) is 4.18 Å². The maximum atomic E-state index is 12.7. The van der Waals surface area contributed by atoms with Crippen LogP contribution in [0.25, 0.3) is 6.08 Å². The monoisotopic (exact) mass is 529 g/mol. The van der Waals surface area contributed by atoms with Crippen molar-refractivity contribution >= 4 is 22.4 Å². The molecule has 2 heterocycles. The van der Waals surface area contributed by atoms with Crippen molar-refractivity contribution < 1.29 is 51.5 Å². The summed E-state index contributed by atoms with van der Waals surface area (Å²) in [4.78, 5) is 12.7. The topological polar surface area (TPSA) is 181 Å². The van der Waals surface area contributed by atoms with E-state index in [0.29, 0.717) is 6.42 Å². The van der Waals surface area contributed by atoms with Crippen LogP contribution in [0, 0.1) is 5.92 Å². The van der Waals surface area contributed by atoms with E-state index in [4.69, 9.17) is 18.8 Å². The summed E-state index contributed by atoms with van der Waals surface area (Å²) in [6.07, 6.45) is -3.18. The summed E-state index contributed by atoms with van der Waals surface area (Å²) in [5.41, 5.74) is 1.01. The zero-order valence-corrected chi connectivity index (χ0v) is 20.1. The Morgan fingerprint density at radius 2 is 1.92 bits per heavy atom. The number of ether oxygens (including phenoxy) is 3. The van der Waals surface area contributed by atoms with E-state index in [1.54, 1.807) is 6.08 Å². The Balaban J connectivity index is 1.49. The Morgan fingerprint density at radius 1 is 1.19 bits per heavy atom. The van der Waals surface area contributed by atoms with Gasteiger partial charge in [0.25, 0.3) is 0 Å². The van der Waals surface area contributed by atoms with Crippen LogP contribution in [0.1, 0.15) is 12.0 Å². The minimum absolute atomic E-state index is 0.00641. The fourth-order valence-electron chi connectivity index (χ4n) is 4.04. The van der Waals surface area contributed by atoms with Gasteiger partial charge in [-0.05, 0) is 12.0 Å². The highest BCUT2D eigenvalue weighted by Gasteiger charge is 2.47. The highest BCUT2D eigenvalue weighted by molar-refractivity contribution is 7.80. The van der Waals surface area contributed by atoms with E-state index in [9.17, 15) is 28.5 Å². The molecule has 0 spiro atoms. The molecule has 2 fully saturated rings. The Kier molecular flexibility index (Phi) is 10.1. The number of carbonyl (C=O) groups is 1. The van der Waals surface area contributed by atoms with Gasteiger partial charge in [-0.2, -0.15) is 8.42 Å². The van der Waals surface area contributed by atoms with Crippen LogP contribution in [0.5, 0.6) is 0 Å². The summed E-state index contributed by atoms with van der Waals surface area (Å²) in [5.74, 6) is -0.772. The predicted molar refractivity (Wildman–Crippen MR) is 126 cm³/mol. The quantitative estimate of drug-likeness (QED) is 0.141. The number of hydrogen-bond donors (Lipinski definition) is 5. The van der Waals surface area contributed by atoms with Crippen molar-refractivity contribution in [2.45, 2.75) is 49.3 Å². The minimum Gasteiger partial charge on any atom is -0.394 e. The second-order valence-corrected chi connectivity index (χ2v) is 9.39. The van der Waals surface area contributed by atoms with E-state index in [-0.39, 0.29) is 25.2 Å². The number of rotatable bonds is 11. The normalized spacial score (nSPS) is 33.0. The van der Waals surface area contributed by atoms with Crippen molar-refractivity contribution in [1.29, 1.82) is 0 Å². The Hall–Kier alpha value is -2.20. The van der Waals surface area contributed by atoms with Gasteiger partial charge in [0.2, 0.25) is 5.91 Å². The van der Waals surface area contributed by atoms with Gasteiger partial charge in [0, 0.05) is 6.54 Å². The number of aliphatic hydroxyl groups excluding tert-OH is 3. The third kappa shape index (κ3) is 7.65. The van der Waals surface area contributed by atoms with E-state index in [1.807, 2.05) is 42.5 Å². The van der Waals surface area contributed by atoms with Crippen molar-refractivity contribution in [1.82, 2.24) is 5.32 Å². The first-order valence-electron chi connectivity index (χ1n) is 11.3. The molecule has 0 saturated carbocycles. The largest absolute Gasteiger partial charge is 0.397 e. The molecule has 3 rings (SSSR count). The lowest BCUT2D eigenvalue weighted by Crippen LogP contribution is -2.60. The van der Waals surface area contributed by atoms with Crippen molar-refractivity contribution in [2.24, 2.45) is 5.92 Å². The number of hydrogen-bond acceptors (Lipinski definition) is 10. The summed E-state index contributed by atoms with van der Waals surface area (Å²) in [6, 6.07) is 9.67. The molecular formula is C23H31NO11S. The van der Waals surface area contributed by atoms with Crippen LogP contribution in [0.15, 0.2) is 49.1 Å². The fourth-order valence-corrected chi connectivity index (χ4v) is 4.55. The molecule has 1 aromatic rings. The zero-order chi connectivity index (χ0) is 26.3. The van der Waals surface area contributed by atoms with Gasteiger partial charge in [-0.1, -0.05) is 48.6 Å². The van der Waals surface area contributed by atoms with Gasteiger partial charge < -0.3 is 34.8 Å². The Morgan fingerprint density at radius 3 is 2.56 bits per heavy atom. The summed E-state index contributed by atoms with van der Waals surface area (Å²) >= 11 is 0. The molecule has 12 nitrogen and oxygen atoms in total. The molecule has 8 atom stereocenters. The average Bonchev–Trinajstić information content (AvgIpc) is 3.28. The van der Waals surface area contributed by atoms with Gasteiger partial charge in [0.05, 0.1) is 31.3 Å². The van der Waals surface area contributed by atoms with Gasteiger partial charge in [-0.15, -0.1) is 6.58 Å². The summed E-state index contributed by atoms with van der Waals surface area (Å²) < 4.78 is 51.8. The van der Waals surface area contributed by atoms with E-state index < -0.39 is 59.7 Å². The molecule has 36 heavy (non-hydrogen) atoms. The first kappa shape index (κ1) is 28.4. The number of nitrogens with one attached hydrogen (secondary N) is 1. The molecular weight excluding hydrogens is 498 g/mol. The number of carbonyl (C=O) groups excluding carboxylic acids is 1. The van der Waals surface area contributed by atoms with Crippen molar-refractivity contribution in [3.05, 3.63) is 54.6 Å². The summed E-state index contributed by atoms with van der Waals surface area (Å²) in [5, 5.41) is 32.4. The van der Waals surface area contributed by atoms with Gasteiger partial charge in [0.1, 0.15) is 24.4 Å². The molecule has 2 saturated heterocycles. The average molecular weight is 530 g/mol. The number of benzene rings is 1. The minimum atomic E-state index is -5.02. The molecule has 1 aromatic carbocycles. The Bertz CT molecular complexity index is 1000. The van der Waals surface area contributed by atoms with Crippen LogP contribution in [-0.2, 0) is 33.6 Å². The van der Waals surface area contributed by atoms with Gasteiger partial charge in [0.15, 0.2) is 6.29 Å². The highest BCUT2D eigenvalue weighted by atomic mass is 32.3. The lowest BCUT2D eigenvalue weighted by molar-refractivity contribution is -0.296. The lowest BCUT2D eigenvalue weighted by Gasteiger charge is -2.40. The van der Waals surface area contributed by atoms with Crippen molar-refractivity contribution in [3.63, 3.8) is 0 Å². The second-order valence-electron chi connectivity index (χ2n) is 8.34. The second kappa shape index (κ2) is 12.9. The SMILES string of the molecule is C=CC1OC(/C=C/c2ccccc2)CC1C(=O)NCCO[C@@H]1O[C@H](CO)[C@H](O)[C@H](OS(=O)(=O)O)[C@H]1O. The highest BCUT2D eigenvalue weighted by Crippen LogP contribution is 2.29.